The van der Waals surface area contributed by atoms with Crippen molar-refractivity contribution in [2.24, 2.45) is 0 Å². The highest BCUT2D eigenvalue weighted by Gasteiger charge is 2.08. The highest BCUT2D eigenvalue weighted by Crippen LogP contribution is 2.05. The summed E-state index contributed by atoms with van der Waals surface area (Å²) in [7, 11) is 0. The van der Waals surface area contributed by atoms with E-state index in [9.17, 15) is 4.79 Å². The van der Waals surface area contributed by atoms with Gasteiger partial charge in [0.2, 0.25) is 0 Å². The Hall–Kier alpha value is -1.16. The van der Waals surface area contributed by atoms with Crippen molar-refractivity contribution in [1.82, 2.24) is 9.78 Å². The van der Waals surface area contributed by atoms with E-state index < -0.39 is 0 Å². The minimum absolute atomic E-state index is 0.0720. The minimum atomic E-state index is 0.0720. The molecule has 90 valence electrons. The first-order valence-corrected chi connectivity index (χ1v) is 5.66. The number of ketones is 1. The molecule has 1 rings (SSSR count). The molecule has 0 aliphatic carbocycles. The summed E-state index contributed by atoms with van der Waals surface area (Å²) in [4.78, 5) is 11.5. The third-order valence-electron chi connectivity index (χ3n) is 2.15. The van der Waals surface area contributed by atoms with Gasteiger partial charge in [-0.3, -0.25) is 9.48 Å². The summed E-state index contributed by atoms with van der Waals surface area (Å²) in [5, 5.41) is 4.32. The van der Waals surface area contributed by atoms with E-state index in [4.69, 9.17) is 4.74 Å². The summed E-state index contributed by atoms with van der Waals surface area (Å²) in [6.45, 7) is 8.12. The van der Waals surface area contributed by atoms with Crippen molar-refractivity contribution in [2.45, 2.75) is 46.3 Å². The van der Waals surface area contributed by atoms with Gasteiger partial charge in [-0.1, -0.05) is 0 Å². The molecule has 1 aromatic rings. The number of nitrogens with zero attached hydrogens (tertiary/aromatic N) is 2. The highest BCUT2D eigenvalue weighted by molar-refractivity contribution is 5.81. The number of hydrogen-bond donors (Lipinski definition) is 0. The van der Waals surface area contributed by atoms with E-state index in [0.717, 1.165) is 5.69 Å². The van der Waals surface area contributed by atoms with Crippen LogP contribution >= 0.6 is 0 Å². The molecule has 0 radical (unpaired) electrons. The summed E-state index contributed by atoms with van der Waals surface area (Å²) in [5.74, 6) is 0.0720. The zero-order chi connectivity index (χ0) is 12.1. The molecule has 0 aromatic carbocycles. The van der Waals surface area contributed by atoms with Crippen LogP contribution in [-0.2, 0) is 16.0 Å². The lowest BCUT2D eigenvalue weighted by Crippen LogP contribution is -2.15. The van der Waals surface area contributed by atoms with Gasteiger partial charge in [0.1, 0.15) is 6.61 Å². The molecule has 0 bridgehead atoms. The molecule has 16 heavy (non-hydrogen) atoms. The number of carbonyl (C=O) groups excluding carboxylic acids is 1. The van der Waals surface area contributed by atoms with Crippen molar-refractivity contribution in [3.8, 4) is 0 Å². The molecule has 0 atom stereocenters. The molecular formula is C12H20N2O2. The minimum Gasteiger partial charge on any atom is -0.371 e. The Kier molecular flexibility index (Phi) is 4.68. The van der Waals surface area contributed by atoms with Crippen molar-refractivity contribution in [3.05, 3.63) is 18.0 Å². The average Bonchev–Trinajstić information content (AvgIpc) is 2.63. The molecule has 0 N–H and O–H groups in total. The fraction of sp³-hybridized carbons (Fsp3) is 0.667. The van der Waals surface area contributed by atoms with E-state index >= 15 is 0 Å². The van der Waals surface area contributed by atoms with Gasteiger partial charge in [-0.15, -0.1) is 0 Å². The number of rotatable bonds is 6. The smallest absolute Gasteiger partial charge is 0.164 e. The normalized spacial score (nSPS) is 11.4. The average molecular weight is 224 g/mol. The molecule has 4 nitrogen and oxygen atoms in total. The number of ether oxygens (including phenoxy) is 1. The van der Waals surface area contributed by atoms with Crippen LogP contribution in [0.5, 0.6) is 0 Å². The highest BCUT2D eigenvalue weighted by atomic mass is 16.5. The van der Waals surface area contributed by atoms with Crippen LogP contribution in [0.25, 0.3) is 0 Å². The van der Waals surface area contributed by atoms with Crippen LogP contribution in [0.2, 0.25) is 0 Å². The van der Waals surface area contributed by atoms with Gasteiger partial charge in [-0.25, -0.2) is 0 Å². The lowest BCUT2D eigenvalue weighted by molar-refractivity contribution is -0.124. The maximum absolute atomic E-state index is 11.5. The van der Waals surface area contributed by atoms with E-state index in [1.807, 2.05) is 30.8 Å². The first-order valence-electron chi connectivity index (χ1n) is 5.66. The molecule has 0 aliphatic rings. The molecule has 1 aromatic heterocycles. The van der Waals surface area contributed by atoms with E-state index in [0.29, 0.717) is 12.5 Å². The van der Waals surface area contributed by atoms with Gasteiger partial charge in [-0.05, 0) is 33.8 Å². The number of hydrogen-bond acceptors (Lipinski definition) is 3. The van der Waals surface area contributed by atoms with Crippen LogP contribution in [0.15, 0.2) is 12.3 Å². The number of Topliss-reactive ketones (excluding diaryl/α,β-unsaturated/α-hetero) is 1. The summed E-state index contributed by atoms with van der Waals surface area (Å²) >= 11 is 0. The maximum atomic E-state index is 11.5. The fourth-order valence-electron chi connectivity index (χ4n) is 1.27. The Morgan fingerprint density at radius 3 is 2.62 bits per heavy atom. The molecule has 0 saturated carbocycles. The Labute approximate surface area is 96.6 Å². The molecule has 4 heteroatoms. The van der Waals surface area contributed by atoms with Crippen LogP contribution in [0.3, 0.4) is 0 Å². The molecule has 0 saturated heterocycles. The van der Waals surface area contributed by atoms with Gasteiger partial charge in [-0.2, -0.15) is 5.10 Å². The van der Waals surface area contributed by atoms with E-state index in [1.165, 1.54) is 0 Å². The predicted molar refractivity (Wildman–Crippen MR) is 62.4 cm³/mol. The van der Waals surface area contributed by atoms with Gasteiger partial charge in [0, 0.05) is 12.2 Å². The Bertz CT molecular complexity index is 343. The fourth-order valence-corrected chi connectivity index (χ4v) is 1.27. The lowest BCUT2D eigenvalue weighted by Gasteiger charge is -2.06. The summed E-state index contributed by atoms with van der Waals surface area (Å²) in [6, 6.07) is 2.21. The van der Waals surface area contributed by atoms with Crippen LogP contribution in [0.4, 0.5) is 0 Å². The Balaban J connectivity index is 2.43. The second kappa shape index (κ2) is 5.80. The molecule has 0 amide bonds. The van der Waals surface area contributed by atoms with Crippen molar-refractivity contribution in [2.75, 3.05) is 6.61 Å². The lowest BCUT2D eigenvalue weighted by atomic mass is 10.2. The standard InChI is InChI=1S/C12H20N2O2/c1-9(2)14-6-5-11(13-14)7-12(15)8-16-10(3)4/h5-6,9-10H,7-8H2,1-4H3. The van der Waals surface area contributed by atoms with Crippen LogP contribution in [0.1, 0.15) is 39.4 Å². The third kappa shape index (κ3) is 4.14. The molecule has 0 aliphatic heterocycles. The number of aromatic nitrogens is 2. The summed E-state index contributed by atoms with van der Waals surface area (Å²) < 4.78 is 7.10. The van der Waals surface area contributed by atoms with E-state index in [-0.39, 0.29) is 18.5 Å². The van der Waals surface area contributed by atoms with Gasteiger partial charge >= 0.3 is 0 Å². The summed E-state index contributed by atoms with van der Waals surface area (Å²) in [6.07, 6.45) is 2.35. The molecule has 1 heterocycles. The third-order valence-corrected chi connectivity index (χ3v) is 2.15. The van der Waals surface area contributed by atoms with Crippen LogP contribution in [-0.4, -0.2) is 28.3 Å². The SMILES string of the molecule is CC(C)OCC(=O)Cc1ccn(C(C)C)n1. The summed E-state index contributed by atoms with van der Waals surface area (Å²) in [5.41, 5.74) is 0.811. The van der Waals surface area contributed by atoms with Crippen molar-refractivity contribution in [1.29, 1.82) is 0 Å². The van der Waals surface area contributed by atoms with Crippen molar-refractivity contribution >= 4 is 5.78 Å². The first kappa shape index (κ1) is 12.9. The first-order chi connectivity index (χ1) is 7.49. The van der Waals surface area contributed by atoms with Gasteiger partial charge < -0.3 is 4.74 Å². The maximum Gasteiger partial charge on any atom is 0.164 e. The monoisotopic (exact) mass is 224 g/mol. The van der Waals surface area contributed by atoms with Crippen LogP contribution in [0, 0.1) is 0 Å². The van der Waals surface area contributed by atoms with Crippen molar-refractivity contribution < 1.29 is 9.53 Å². The Morgan fingerprint density at radius 2 is 2.12 bits per heavy atom. The second-order valence-corrected chi connectivity index (χ2v) is 4.46. The topological polar surface area (TPSA) is 44.1 Å². The largest absolute Gasteiger partial charge is 0.371 e. The zero-order valence-corrected chi connectivity index (χ0v) is 10.4. The second-order valence-electron chi connectivity index (χ2n) is 4.46. The zero-order valence-electron chi connectivity index (χ0n) is 10.4. The van der Waals surface area contributed by atoms with Crippen LogP contribution < -0.4 is 0 Å². The van der Waals surface area contributed by atoms with Gasteiger partial charge in [0.25, 0.3) is 0 Å². The van der Waals surface area contributed by atoms with Crippen molar-refractivity contribution in [3.63, 3.8) is 0 Å². The van der Waals surface area contributed by atoms with E-state index in [2.05, 4.69) is 18.9 Å². The van der Waals surface area contributed by atoms with Gasteiger partial charge in [0.05, 0.1) is 18.2 Å². The molecule has 0 fully saturated rings. The van der Waals surface area contributed by atoms with E-state index in [1.54, 1.807) is 0 Å². The Morgan fingerprint density at radius 1 is 1.44 bits per heavy atom. The molecule has 0 unspecified atom stereocenters. The number of carbonyl (C=O) groups is 1. The predicted octanol–water partition coefficient (Wildman–Crippen LogP) is 2.00. The quantitative estimate of drug-likeness (QED) is 0.742. The molecular weight excluding hydrogens is 204 g/mol. The molecule has 0 spiro atoms. The van der Waals surface area contributed by atoms with Gasteiger partial charge in [0.15, 0.2) is 5.78 Å².